The summed E-state index contributed by atoms with van der Waals surface area (Å²) in [6.07, 6.45) is 5.92. The number of hydrogen-bond acceptors (Lipinski definition) is 3. The van der Waals surface area contributed by atoms with Gasteiger partial charge < -0.3 is 5.32 Å². The van der Waals surface area contributed by atoms with Crippen molar-refractivity contribution in [3.8, 4) is 0 Å². The topological polar surface area (TPSA) is 66.5 Å². The molecule has 1 aromatic carbocycles. The lowest BCUT2D eigenvalue weighted by Crippen LogP contribution is -2.42. The van der Waals surface area contributed by atoms with Crippen molar-refractivity contribution in [3.63, 3.8) is 0 Å². The summed E-state index contributed by atoms with van der Waals surface area (Å²) in [5.74, 6) is 0.449. The fourth-order valence-electron chi connectivity index (χ4n) is 3.84. The van der Waals surface area contributed by atoms with Gasteiger partial charge in [0.15, 0.2) is 0 Å². The molecule has 1 aliphatic heterocycles. The Hall–Kier alpha value is -1.40. The smallest absolute Gasteiger partial charge is 0.227 e. The van der Waals surface area contributed by atoms with E-state index in [9.17, 15) is 13.2 Å². The summed E-state index contributed by atoms with van der Waals surface area (Å²) in [6.45, 7) is 1.77. The Morgan fingerprint density at radius 1 is 1.21 bits per heavy atom. The summed E-state index contributed by atoms with van der Waals surface area (Å²) in [7, 11) is -3.09. The van der Waals surface area contributed by atoms with Crippen molar-refractivity contribution < 1.29 is 13.2 Å². The predicted octanol–water partition coefficient (Wildman–Crippen LogP) is 1.89. The van der Waals surface area contributed by atoms with Crippen LogP contribution in [0.4, 0.5) is 0 Å². The van der Waals surface area contributed by atoms with Gasteiger partial charge in [0.25, 0.3) is 0 Å². The molecule has 0 radical (unpaired) electrons. The van der Waals surface area contributed by atoms with Crippen LogP contribution in [-0.4, -0.2) is 44.5 Å². The van der Waals surface area contributed by atoms with E-state index >= 15 is 0 Å². The van der Waals surface area contributed by atoms with E-state index in [0.29, 0.717) is 25.6 Å². The molecule has 1 N–H and O–H groups in total. The monoisotopic (exact) mass is 350 g/mol. The van der Waals surface area contributed by atoms with Crippen molar-refractivity contribution >= 4 is 15.9 Å². The van der Waals surface area contributed by atoms with Crippen molar-refractivity contribution in [3.05, 3.63) is 35.4 Å². The Kier molecular flexibility index (Phi) is 5.25. The second-order valence-electron chi connectivity index (χ2n) is 6.99. The van der Waals surface area contributed by atoms with Crippen LogP contribution in [-0.2, 0) is 21.2 Å². The second kappa shape index (κ2) is 7.23. The van der Waals surface area contributed by atoms with Crippen LogP contribution in [0.1, 0.15) is 42.7 Å². The van der Waals surface area contributed by atoms with E-state index in [1.54, 1.807) is 0 Å². The molecule has 1 heterocycles. The van der Waals surface area contributed by atoms with Crippen LogP contribution in [0.5, 0.6) is 0 Å². The Morgan fingerprint density at radius 3 is 2.62 bits per heavy atom. The van der Waals surface area contributed by atoms with Gasteiger partial charge in [-0.15, -0.1) is 0 Å². The molecule has 0 spiro atoms. The minimum absolute atomic E-state index is 0.0361. The van der Waals surface area contributed by atoms with Crippen LogP contribution >= 0.6 is 0 Å². The molecule has 1 unspecified atom stereocenters. The van der Waals surface area contributed by atoms with Crippen molar-refractivity contribution in [2.24, 2.45) is 5.92 Å². The molecule has 1 aromatic rings. The highest BCUT2D eigenvalue weighted by Gasteiger charge is 2.28. The molecule has 0 bridgehead atoms. The summed E-state index contributed by atoms with van der Waals surface area (Å²) in [5, 5.41) is 3.11. The summed E-state index contributed by atoms with van der Waals surface area (Å²) in [4.78, 5) is 12.6. The number of nitrogens with zero attached hydrogens (tertiary/aromatic N) is 1. The van der Waals surface area contributed by atoms with Crippen molar-refractivity contribution in [1.82, 2.24) is 9.62 Å². The van der Waals surface area contributed by atoms with Crippen LogP contribution < -0.4 is 5.32 Å². The number of hydrogen-bond donors (Lipinski definition) is 1. The Labute approximate surface area is 144 Å². The minimum atomic E-state index is -3.09. The van der Waals surface area contributed by atoms with Gasteiger partial charge in [0.1, 0.15) is 0 Å². The third-order valence-electron chi connectivity index (χ3n) is 5.29. The molecule has 132 valence electrons. The Morgan fingerprint density at radius 2 is 1.92 bits per heavy atom. The Balaban J connectivity index is 1.52. The lowest BCUT2D eigenvalue weighted by Gasteiger charge is -2.31. The molecule has 1 saturated heterocycles. The number of carbonyl (C=O) groups excluding carboxylic acids is 1. The first-order valence-corrected chi connectivity index (χ1v) is 10.6. The first kappa shape index (κ1) is 17.4. The van der Waals surface area contributed by atoms with E-state index in [0.717, 1.165) is 32.1 Å². The molecular weight excluding hydrogens is 324 g/mol. The van der Waals surface area contributed by atoms with Gasteiger partial charge in [-0.3, -0.25) is 4.79 Å². The van der Waals surface area contributed by atoms with Gasteiger partial charge in [0, 0.05) is 19.6 Å². The molecule has 0 saturated carbocycles. The maximum absolute atomic E-state index is 12.6. The molecular formula is C18H26N2O3S. The van der Waals surface area contributed by atoms with Crippen molar-refractivity contribution in [2.75, 3.05) is 25.9 Å². The van der Waals surface area contributed by atoms with Gasteiger partial charge in [-0.05, 0) is 49.1 Å². The zero-order valence-electron chi connectivity index (χ0n) is 14.2. The van der Waals surface area contributed by atoms with Crippen LogP contribution in [0.25, 0.3) is 0 Å². The van der Waals surface area contributed by atoms with Gasteiger partial charge in [-0.1, -0.05) is 24.3 Å². The van der Waals surface area contributed by atoms with Crippen molar-refractivity contribution in [1.29, 1.82) is 0 Å². The highest BCUT2D eigenvalue weighted by atomic mass is 32.2. The maximum Gasteiger partial charge on any atom is 0.227 e. The van der Waals surface area contributed by atoms with E-state index in [-0.39, 0.29) is 11.8 Å². The number of carbonyl (C=O) groups is 1. The molecule has 1 atom stereocenters. The van der Waals surface area contributed by atoms with Gasteiger partial charge in [0.2, 0.25) is 15.9 Å². The lowest BCUT2D eigenvalue weighted by molar-refractivity contribution is -0.123. The molecule has 1 aliphatic carbocycles. The average molecular weight is 350 g/mol. The molecule has 6 heteroatoms. The molecule has 1 amide bonds. The largest absolute Gasteiger partial charge is 0.355 e. The van der Waals surface area contributed by atoms with E-state index < -0.39 is 10.0 Å². The summed E-state index contributed by atoms with van der Waals surface area (Å²) in [6, 6.07) is 8.24. The minimum Gasteiger partial charge on any atom is -0.355 e. The molecule has 1 fully saturated rings. The summed E-state index contributed by atoms with van der Waals surface area (Å²) < 4.78 is 24.6. The summed E-state index contributed by atoms with van der Waals surface area (Å²) in [5.41, 5.74) is 2.47. The normalized spacial score (nSPS) is 22.8. The number of aryl methyl sites for hydroxylation is 1. The first-order valence-electron chi connectivity index (χ1n) is 8.76. The molecule has 24 heavy (non-hydrogen) atoms. The molecule has 0 aromatic heterocycles. The van der Waals surface area contributed by atoms with Gasteiger partial charge in [-0.25, -0.2) is 12.7 Å². The quantitative estimate of drug-likeness (QED) is 0.902. The maximum atomic E-state index is 12.6. The highest BCUT2D eigenvalue weighted by molar-refractivity contribution is 7.88. The number of sulfonamides is 1. The van der Waals surface area contributed by atoms with E-state index in [4.69, 9.17) is 0 Å². The van der Waals surface area contributed by atoms with Crippen LogP contribution in [0.2, 0.25) is 0 Å². The molecule has 5 nitrogen and oxygen atoms in total. The number of fused-ring (bicyclic) bond motifs is 1. The predicted molar refractivity (Wildman–Crippen MR) is 94.3 cm³/mol. The first-order chi connectivity index (χ1) is 11.4. The van der Waals surface area contributed by atoms with Gasteiger partial charge >= 0.3 is 0 Å². The number of piperidine rings is 1. The summed E-state index contributed by atoms with van der Waals surface area (Å²) >= 11 is 0. The lowest BCUT2D eigenvalue weighted by atomic mass is 9.82. The zero-order chi connectivity index (χ0) is 17.2. The van der Waals surface area contributed by atoms with Crippen LogP contribution in [0.15, 0.2) is 24.3 Å². The zero-order valence-corrected chi connectivity index (χ0v) is 15.0. The number of nitrogens with one attached hydrogen (secondary N) is 1. The van der Waals surface area contributed by atoms with Crippen molar-refractivity contribution in [2.45, 2.75) is 38.0 Å². The Bertz CT molecular complexity index is 694. The van der Waals surface area contributed by atoms with E-state index in [1.165, 1.54) is 21.7 Å². The van der Waals surface area contributed by atoms with E-state index in [2.05, 4.69) is 17.4 Å². The standard InChI is InChI=1S/C18H26N2O3S/c1-24(22,23)20-11-9-14(10-12-20)13-19-18(21)17-8-4-6-15-5-2-3-7-16(15)17/h2-3,5,7,14,17H,4,6,8-13H2,1H3,(H,19,21). The fourth-order valence-corrected chi connectivity index (χ4v) is 4.71. The average Bonchev–Trinajstić information content (AvgIpc) is 2.59. The van der Waals surface area contributed by atoms with Crippen LogP contribution in [0.3, 0.4) is 0 Å². The molecule has 3 rings (SSSR count). The third kappa shape index (κ3) is 3.98. The van der Waals surface area contributed by atoms with Crippen LogP contribution in [0, 0.1) is 5.92 Å². The fraction of sp³-hybridized carbons (Fsp3) is 0.611. The highest BCUT2D eigenvalue weighted by Crippen LogP contribution is 2.31. The number of amides is 1. The second-order valence-corrected chi connectivity index (χ2v) is 8.98. The van der Waals surface area contributed by atoms with Gasteiger partial charge in [0.05, 0.1) is 12.2 Å². The third-order valence-corrected chi connectivity index (χ3v) is 6.60. The number of rotatable bonds is 4. The number of benzene rings is 1. The van der Waals surface area contributed by atoms with E-state index in [1.807, 2.05) is 12.1 Å². The van der Waals surface area contributed by atoms with Gasteiger partial charge in [-0.2, -0.15) is 0 Å². The SMILES string of the molecule is CS(=O)(=O)N1CCC(CNC(=O)C2CCCc3ccccc32)CC1. The molecule has 2 aliphatic rings.